The van der Waals surface area contributed by atoms with E-state index in [1.54, 1.807) is 13.8 Å². The summed E-state index contributed by atoms with van der Waals surface area (Å²) < 4.78 is 39.2. The fourth-order valence-corrected chi connectivity index (χ4v) is 3.56. The molecule has 37 heavy (non-hydrogen) atoms. The normalized spacial score (nSPS) is 11.4. The fraction of sp³-hybridized carbons (Fsp3) is 0.455. The van der Waals surface area contributed by atoms with Gasteiger partial charge >= 0.3 is 0 Å². The van der Waals surface area contributed by atoms with Crippen molar-refractivity contribution in [2.45, 2.75) is 99.8 Å². The first kappa shape index (κ1) is 34.9. The second kappa shape index (κ2) is 13.6. The van der Waals surface area contributed by atoms with E-state index in [4.69, 9.17) is 0 Å². The standard InChI is InChI=1S/2C11H15F.C10H12BrF.CH4/c2*1-8-7-9(11(2,3)4)5-6-10(8)12;1-10(2,3)7-4-5-9(12)8(11)6-7;/h2*5-7H,1-4H3;4-6H,1-3H3;1H4. The first-order valence-electron chi connectivity index (χ1n) is 12.2. The molecule has 0 radical (unpaired) electrons. The van der Waals surface area contributed by atoms with Crippen LogP contribution in [0.5, 0.6) is 0 Å². The molecule has 0 aliphatic carbocycles. The topological polar surface area (TPSA) is 0 Å². The Morgan fingerprint density at radius 3 is 1.00 bits per heavy atom. The molecular formula is C33H46BrF3. The van der Waals surface area contributed by atoms with Crippen molar-refractivity contribution < 1.29 is 13.2 Å². The summed E-state index contributed by atoms with van der Waals surface area (Å²) in [6, 6.07) is 15.7. The highest BCUT2D eigenvalue weighted by molar-refractivity contribution is 9.10. The average molecular weight is 580 g/mol. The zero-order chi connectivity index (χ0) is 28.1. The van der Waals surface area contributed by atoms with Gasteiger partial charge in [0.15, 0.2) is 0 Å². The number of hydrogen-bond acceptors (Lipinski definition) is 0. The second-order valence-corrected chi connectivity index (χ2v) is 13.2. The Labute approximate surface area is 232 Å². The summed E-state index contributed by atoms with van der Waals surface area (Å²) in [6.45, 7) is 22.7. The van der Waals surface area contributed by atoms with Crippen LogP contribution in [0.25, 0.3) is 0 Å². The van der Waals surface area contributed by atoms with E-state index < -0.39 is 0 Å². The van der Waals surface area contributed by atoms with Crippen molar-refractivity contribution in [3.8, 4) is 0 Å². The second-order valence-electron chi connectivity index (χ2n) is 12.3. The quantitative estimate of drug-likeness (QED) is 0.249. The molecule has 206 valence electrons. The van der Waals surface area contributed by atoms with Gasteiger partial charge in [-0.05, 0) is 98.1 Å². The molecule has 0 saturated heterocycles. The van der Waals surface area contributed by atoms with Gasteiger partial charge in [-0.2, -0.15) is 0 Å². The zero-order valence-corrected chi connectivity index (χ0v) is 25.3. The summed E-state index contributed by atoms with van der Waals surface area (Å²) >= 11 is 3.16. The molecule has 0 nitrogen and oxygen atoms in total. The van der Waals surface area contributed by atoms with Gasteiger partial charge in [0.1, 0.15) is 17.5 Å². The highest BCUT2D eigenvalue weighted by atomic mass is 79.9. The monoisotopic (exact) mass is 578 g/mol. The molecule has 3 aromatic rings. The number of hydrogen-bond donors (Lipinski definition) is 0. The van der Waals surface area contributed by atoms with Crippen molar-refractivity contribution in [2.75, 3.05) is 0 Å². The Hall–Kier alpha value is -2.07. The number of benzene rings is 3. The van der Waals surface area contributed by atoms with Crippen molar-refractivity contribution in [3.63, 3.8) is 0 Å². The van der Waals surface area contributed by atoms with E-state index in [1.807, 2.05) is 36.4 Å². The average Bonchev–Trinajstić information content (AvgIpc) is 2.72. The predicted octanol–water partition coefficient (Wildman–Crippen LogP) is 11.4. The van der Waals surface area contributed by atoms with E-state index in [0.29, 0.717) is 4.47 Å². The minimum atomic E-state index is -0.206. The molecule has 0 fully saturated rings. The summed E-state index contributed by atoms with van der Waals surface area (Å²) in [7, 11) is 0. The third-order valence-corrected chi connectivity index (χ3v) is 6.44. The van der Waals surface area contributed by atoms with Crippen molar-refractivity contribution in [3.05, 3.63) is 104 Å². The maximum Gasteiger partial charge on any atom is 0.137 e. The number of rotatable bonds is 0. The van der Waals surface area contributed by atoms with Crippen LogP contribution in [0, 0.1) is 31.3 Å². The first-order valence-corrected chi connectivity index (χ1v) is 13.0. The third kappa shape index (κ3) is 11.5. The molecule has 0 N–H and O–H groups in total. The Balaban J connectivity index is 0.000000518. The maximum atomic E-state index is 12.9. The summed E-state index contributed by atoms with van der Waals surface area (Å²) in [5.74, 6) is -0.450. The lowest BCUT2D eigenvalue weighted by Gasteiger charge is -2.19. The lowest BCUT2D eigenvalue weighted by atomic mass is 9.86. The Morgan fingerprint density at radius 1 is 0.486 bits per heavy atom. The molecule has 0 amide bonds. The third-order valence-electron chi connectivity index (χ3n) is 5.83. The van der Waals surface area contributed by atoms with Gasteiger partial charge in [-0.25, -0.2) is 13.2 Å². The smallest absolute Gasteiger partial charge is 0.137 e. The van der Waals surface area contributed by atoms with E-state index in [2.05, 4.69) is 78.2 Å². The molecule has 3 aromatic carbocycles. The molecule has 3 rings (SSSR count). The van der Waals surface area contributed by atoms with Crippen molar-refractivity contribution in [1.82, 2.24) is 0 Å². The van der Waals surface area contributed by atoms with Crippen LogP contribution < -0.4 is 0 Å². The van der Waals surface area contributed by atoms with Gasteiger partial charge in [0.25, 0.3) is 0 Å². The molecular weight excluding hydrogens is 533 g/mol. The van der Waals surface area contributed by atoms with Crippen LogP contribution >= 0.6 is 15.9 Å². The molecule has 0 aliphatic heterocycles. The number of halogens is 4. The van der Waals surface area contributed by atoms with Gasteiger partial charge in [-0.15, -0.1) is 0 Å². The van der Waals surface area contributed by atoms with Crippen LogP contribution in [0.15, 0.2) is 59.1 Å². The largest absolute Gasteiger partial charge is 0.207 e. The molecule has 4 heteroatoms. The van der Waals surface area contributed by atoms with Crippen LogP contribution in [0.4, 0.5) is 13.2 Å². The fourth-order valence-electron chi connectivity index (χ4n) is 3.19. The van der Waals surface area contributed by atoms with E-state index >= 15 is 0 Å². The zero-order valence-electron chi connectivity index (χ0n) is 23.7. The van der Waals surface area contributed by atoms with E-state index in [9.17, 15) is 13.2 Å². The van der Waals surface area contributed by atoms with Crippen LogP contribution in [0.3, 0.4) is 0 Å². The highest BCUT2D eigenvalue weighted by Gasteiger charge is 2.16. The van der Waals surface area contributed by atoms with Crippen LogP contribution in [0.2, 0.25) is 0 Å². The van der Waals surface area contributed by atoms with Gasteiger partial charge in [0.2, 0.25) is 0 Å². The molecule has 0 aliphatic rings. The predicted molar refractivity (Wildman–Crippen MR) is 159 cm³/mol. The molecule has 0 atom stereocenters. The van der Waals surface area contributed by atoms with Crippen molar-refractivity contribution in [1.29, 1.82) is 0 Å². The van der Waals surface area contributed by atoms with Crippen LogP contribution in [-0.4, -0.2) is 0 Å². The lowest BCUT2D eigenvalue weighted by Crippen LogP contribution is -2.11. The Kier molecular flexibility index (Phi) is 12.9. The van der Waals surface area contributed by atoms with Crippen molar-refractivity contribution in [2.24, 2.45) is 0 Å². The first-order chi connectivity index (χ1) is 16.2. The Morgan fingerprint density at radius 2 is 0.757 bits per heavy atom. The SMILES string of the molecule is C.CC(C)(C)c1ccc(F)c(Br)c1.Cc1cc(C(C)(C)C)ccc1F.Cc1cc(C(C)(C)C)ccc1F. The lowest BCUT2D eigenvalue weighted by molar-refractivity contribution is 0.579. The van der Waals surface area contributed by atoms with Crippen LogP contribution in [-0.2, 0) is 16.2 Å². The molecule has 0 spiro atoms. The summed E-state index contributed by atoms with van der Waals surface area (Å²) in [4.78, 5) is 0. The number of aryl methyl sites for hydroxylation is 2. The maximum absolute atomic E-state index is 12.9. The van der Waals surface area contributed by atoms with Crippen molar-refractivity contribution >= 4 is 15.9 Å². The molecule has 0 heterocycles. The van der Waals surface area contributed by atoms with Crippen LogP contribution in [0.1, 0.15) is 97.6 Å². The van der Waals surface area contributed by atoms with Gasteiger partial charge in [-0.3, -0.25) is 0 Å². The highest BCUT2D eigenvalue weighted by Crippen LogP contribution is 2.27. The minimum absolute atomic E-state index is 0. The summed E-state index contributed by atoms with van der Waals surface area (Å²) in [6.07, 6.45) is 0. The summed E-state index contributed by atoms with van der Waals surface area (Å²) in [5, 5.41) is 0. The molecule has 0 bridgehead atoms. The van der Waals surface area contributed by atoms with Gasteiger partial charge in [-0.1, -0.05) is 100 Å². The Bertz CT molecular complexity index is 997. The van der Waals surface area contributed by atoms with Gasteiger partial charge < -0.3 is 0 Å². The molecule has 0 unspecified atom stereocenters. The minimum Gasteiger partial charge on any atom is -0.207 e. The van der Waals surface area contributed by atoms with Gasteiger partial charge in [0.05, 0.1) is 4.47 Å². The molecule has 0 saturated carbocycles. The molecule has 0 aromatic heterocycles. The van der Waals surface area contributed by atoms with E-state index in [-0.39, 0.29) is 41.1 Å². The van der Waals surface area contributed by atoms with Gasteiger partial charge in [0, 0.05) is 0 Å². The summed E-state index contributed by atoms with van der Waals surface area (Å²) in [5.41, 5.74) is 5.25. The van der Waals surface area contributed by atoms with E-state index in [1.165, 1.54) is 29.3 Å². The van der Waals surface area contributed by atoms with E-state index in [0.717, 1.165) is 16.7 Å².